The van der Waals surface area contributed by atoms with Gasteiger partial charge in [-0.2, -0.15) is 5.10 Å². The Hall–Kier alpha value is -2.81. The number of allylic oxidation sites excluding steroid dienone is 3. The predicted octanol–water partition coefficient (Wildman–Crippen LogP) is 4.75. The van der Waals surface area contributed by atoms with E-state index in [0.29, 0.717) is 5.92 Å². The van der Waals surface area contributed by atoms with Gasteiger partial charge in [-0.05, 0) is 46.4 Å². The van der Waals surface area contributed by atoms with Gasteiger partial charge in [-0.3, -0.25) is 5.10 Å². The lowest BCUT2D eigenvalue weighted by Crippen LogP contribution is -2.03. The molecule has 0 spiro atoms. The standard InChI is InChI=1S/C20H21N3/c1-3-4-20(21)9-14(2)16-7-5-15-6-8-17(11-18(15)10-16)19-12-22-23-13-19/h3-8,10-14H,1,9,21H2,2H3,(H,22,23)/b20-4-. The number of nitrogens with two attached hydrogens (primary N) is 1. The van der Waals surface area contributed by atoms with E-state index >= 15 is 0 Å². The van der Waals surface area contributed by atoms with Crippen molar-refractivity contribution < 1.29 is 0 Å². The quantitative estimate of drug-likeness (QED) is 0.668. The third kappa shape index (κ3) is 3.34. The first-order chi connectivity index (χ1) is 11.2. The lowest BCUT2D eigenvalue weighted by molar-refractivity contribution is 0.746. The number of hydrogen-bond acceptors (Lipinski definition) is 2. The molecule has 3 nitrogen and oxygen atoms in total. The molecule has 23 heavy (non-hydrogen) atoms. The van der Waals surface area contributed by atoms with Gasteiger partial charge in [0.2, 0.25) is 0 Å². The van der Waals surface area contributed by atoms with E-state index in [1.165, 1.54) is 21.9 Å². The highest BCUT2D eigenvalue weighted by Crippen LogP contribution is 2.28. The summed E-state index contributed by atoms with van der Waals surface area (Å²) in [5.74, 6) is 0.369. The lowest BCUT2D eigenvalue weighted by atomic mass is 9.93. The second kappa shape index (κ2) is 6.53. The van der Waals surface area contributed by atoms with Gasteiger partial charge < -0.3 is 5.73 Å². The van der Waals surface area contributed by atoms with E-state index in [9.17, 15) is 0 Å². The van der Waals surface area contributed by atoms with Crippen LogP contribution in [0.3, 0.4) is 0 Å². The number of nitrogens with one attached hydrogen (secondary N) is 1. The molecule has 0 radical (unpaired) electrons. The van der Waals surface area contributed by atoms with Crippen LogP contribution in [0.2, 0.25) is 0 Å². The first-order valence-electron chi connectivity index (χ1n) is 7.77. The van der Waals surface area contributed by atoms with E-state index in [1.54, 1.807) is 6.08 Å². The minimum absolute atomic E-state index is 0.369. The summed E-state index contributed by atoms with van der Waals surface area (Å²) in [6, 6.07) is 13.1. The Morgan fingerprint density at radius 2 is 2.04 bits per heavy atom. The fourth-order valence-corrected chi connectivity index (χ4v) is 2.85. The van der Waals surface area contributed by atoms with Crippen LogP contribution >= 0.6 is 0 Å². The van der Waals surface area contributed by atoms with E-state index in [4.69, 9.17) is 5.73 Å². The van der Waals surface area contributed by atoms with Gasteiger partial charge in [0, 0.05) is 17.5 Å². The average molecular weight is 303 g/mol. The molecule has 2 aromatic carbocycles. The molecule has 116 valence electrons. The van der Waals surface area contributed by atoms with Gasteiger partial charge in [0.1, 0.15) is 0 Å². The van der Waals surface area contributed by atoms with E-state index < -0.39 is 0 Å². The Kier molecular flexibility index (Phi) is 4.29. The molecule has 0 saturated heterocycles. The van der Waals surface area contributed by atoms with Gasteiger partial charge in [0.25, 0.3) is 0 Å². The van der Waals surface area contributed by atoms with E-state index in [-0.39, 0.29) is 0 Å². The first kappa shape index (κ1) is 15.1. The topological polar surface area (TPSA) is 54.7 Å². The Bertz CT molecular complexity index is 844. The summed E-state index contributed by atoms with van der Waals surface area (Å²) >= 11 is 0. The van der Waals surface area contributed by atoms with Gasteiger partial charge in [-0.1, -0.05) is 49.9 Å². The minimum Gasteiger partial charge on any atom is -0.402 e. The number of benzene rings is 2. The number of rotatable bonds is 5. The average Bonchev–Trinajstić information content (AvgIpc) is 3.08. The zero-order valence-electron chi connectivity index (χ0n) is 13.3. The number of fused-ring (bicyclic) bond motifs is 1. The molecule has 0 aliphatic rings. The molecule has 3 rings (SSSR count). The highest BCUT2D eigenvalue weighted by atomic mass is 15.1. The van der Waals surface area contributed by atoms with Crippen molar-refractivity contribution in [3.05, 3.63) is 78.8 Å². The number of H-pyrrole nitrogens is 1. The number of aromatic amines is 1. The number of nitrogens with zero attached hydrogens (tertiary/aromatic N) is 1. The van der Waals surface area contributed by atoms with Crippen molar-refractivity contribution in [3.8, 4) is 11.1 Å². The molecule has 3 aromatic rings. The van der Waals surface area contributed by atoms with Gasteiger partial charge in [-0.15, -0.1) is 0 Å². The van der Waals surface area contributed by atoms with Crippen molar-refractivity contribution in [1.29, 1.82) is 0 Å². The van der Waals surface area contributed by atoms with E-state index in [2.05, 4.69) is 60.1 Å². The molecule has 0 amide bonds. The second-order valence-electron chi connectivity index (χ2n) is 5.89. The van der Waals surface area contributed by atoms with Crippen LogP contribution < -0.4 is 5.73 Å². The second-order valence-corrected chi connectivity index (χ2v) is 5.89. The molecule has 3 N–H and O–H groups in total. The maximum Gasteiger partial charge on any atom is 0.0565 e. The zero-order chi connectivity index (χ0) is 16.2. The van der Waals surface area contributed by atoms with Gasteiger partial charge in [0.05, 0.1) is 6.20 Å². The molecule has 1 unspecified atom stereocenters. The smallest absolute Gasteiger partial charge is 0.0565 e. The molecule has 0 aliphatic carbocycles. The normalized spacial score (nSPS) is 13.2. The molecule has 0 fully saturated rings. The number of aromatic nitrogens is 2. The summed E-state index contributed by atoms with van der Waals surface area (Å²) in [5, 5.41) is 9.36. The molecule has 0 bridgehead atoms. The molecule has 0 aliphatic heterocycles. The number of hydrogen-bond donors (Lipinski definition) is 2. The molecule has 0 saturated carbocycles. The summed E-state index contributed by atoms with van der Waals surface area (Å²) in [7, 11) is 0. The van der Waals surface area contributed by atoms with Crippen LogP contribution in [-0.2, 0) is 0 Å². The summed E-state index contributed by atoms with van der Waals surface area (Å²) in [5.41, 5.74) is 10.4. The van der Waals surface area contributed by atoms with Crippen LogP contribution in [0.1, 0.15) is 24.8 Å². The summed E-state index contributed by atoms with van der Waals surface area (Å²) in [4.78, 5) is 0. The molecular formula is C20H21N3. The van der Waals surface area contributed by atoms with Crippen LogP contribution in [0.5, 0.6) is 0 Å². The van der Waals surface area contributed by atoms with Crippen molar-refractivity contribution in [3.63, 3.8) is 0 Å². The maximum absolute atomic E-state index is 6.00. The lowest BCUT2D eigenvalue weighted by Gasteiger charge is -2.13. The summed E-state index contributed by atoms with van der Waals surface area (Å²) in [6.07, 6.45) is 8.19. The molecule has 3 heteroatoms. The van der Waals surface area contributed by atoms with Crippen LogP contribution in [0, 0.1) is 0 Å². The predicted molar refractivity (Wildman–Crippen MR) is 97.0 cm³/mol. The highest BCUT2D eigenvalue weighted by molar-refractivity contribution is 5.87. The SMILES string of the molecule is C=C/C=C(\N)CC(C)c1ccc2ccc(-c3cn[nH]c3)cc2c1. The minimum atomic E-state index is 0.369. The highest BCUT2D eigenvalue weighted by Gasteiger charge is 2.08. The molecule has 1 atom stereocenters. The van der Waals surface area contributed by atoms with Crippen molar-refractivity contribution >= 4 is 10.8 Å². The largest absolute Gasteiger partial charge is 0.402 e. The third-order valence-corrected chi connectivity index (χ3v) is 4.14. The monoisotopic (exact) mass is 303 g/mol. The van der Waals surface area contributed by atoms with Crippen molar-refractivity contribution in [2.75, 3.05) is 0 Å². The Labute approximate surface area is 136 Å². The Morgan fingerprint density at radius 1 is 1.22 bits per heavy atom. The molecule has 1 aromatic heterocycles. The third-order valence-electron chi connectivity index (χ3n) is 4.14. The van der Waals surface area contributed by atoms with Crippen LogP contribution in [0.15, 0.2) is 73.2 Å². The first-order valence-corrected chi connectivity index (χ1v) is 7.77. The Morgan fingerprint density at radius 3 is 2.78 bits per heavy atom. The van der Waals surface area contributed by atoms with E-state index in [0.717, 1.165) is 17.7 Å². The summed E-state index contributed by atoms with van der Waals surface area (Å²) < 4.78 is 0. The fraction of sp³-hybridized carbons (Fsp3) is 0.150. The van der Waals surface area contributed by atoms with Gasteiger partial charge >= 0.3 is 0 Å². The van der Waals surface area contributed by atoms with E-state index in [1.807, 2.05) is 18.5 Å². The maximum atomic E-state index is 6.00. The van der Waals surface area contributed by atoms with Gasteiger partial charge in [0.15, 0.2) is 0 Å². The van der Waals surface area contributed by atoms with Crippen molar-refractivity contribution in [1.82, 2.24) is 10.2 Å². The Balaban J connectivity index is 1.94. The molecule has 1 heterocycles. The summed E-state index contributed by atoms with van der Waals surface area (Å²) in [6.45, 7) is 5.89. The van der Waals surface area contributed by atoms with Crippen LogP contribution in [0.25, 0.3) is 21.9 Å². The zero-order valence-corrected chi connectivity index (χ0v) is 13.3. The molecular weight excluding hydrogens is 282 g/mol. The van der Waals surface area contributed by atoms with Crippen LogP contribution in [0.4, 0.5) is 0 Å². The van der Waals surface area contributed by atoms with Crippen LogP contribution in [-0.4, -0.2) is 10.2 Å². The fourth-order valence-electron chi connectivity index (χ4n) is 2.85. The van der Waals surface area contributed by atoms with Crippen molar-refractivity contribution in [2.24, 2.45) is 5.73 Å². The van der Waals surface area contributed by atoms with Crippen molar-refractivity contribution in [2.45, 2.75) is 19.3 Å². The van der Waals surface area contributed by atoms with Gasteiger partial charge in [-0.25, -0.2) is 0 Å².